The van der Waals surface area contributed by atoms with Crippen LogP contribution in [0.15, 0.2) is 71.6 Å². The van der Waals surface area contributed by atoms with Crippen LogP contribution in [0.4, 0.5) is 5.69 Å². The van der Waals surface area contributed by atoms with Crippen molar-refractivity contribution in [2.45, 2.75) is 44.2 Å². The predicted octanol–water partition coefficient (Wildman–Crippen LogP) is 6.78. The second-order valence-corrected chi connectivity index (χ2v) is 10.8. The van der Waals surface area contributed by atoms with E-state index in [-0.39, 0.29) is 23.5 Å². The van der Waals surface area contributed by atoms with Crippen molar-refractivity contribution in [3.8, 4) is 0 Å². The lowest BCUT2D eigenvalue weighted by molar-refractivity contribution is 0.546. The van der Waals surface area contributed by atoms with E-state index < -0.39 is 10.0 Å². The molecule has 2 N–H and O–H groups in total. The number of hydrogen-bond donors (Lipinski definition) is 2. The first-order chi connectivity index (χ1) is 16.2. The Morgan fingerprint density at radius 3 is 2.32 bits per heavy atom. The van der Waals surface area contributed by atoms with Crippen LogP contribution in [0.25, 0.3) is 0 Å². The first kappa shape index (κ1) is 26.8. The van der Waals surface area contributed by atoms with Gasteiger partial charge in [-0.2, -0.15) is 0 Å². The van der Waals surface area contributed by atoms with Crippen LogP contribution < -0.4 is 15.2 Å². The molecule has 0 aliphatic carbocycles. The van der Waals surface area contributed by atoms with Gasteiger partial charge in [0.05, 0.1) is 21.6 Å². The molecular formula is C25H28Cl3N3O2S. The highest BCUT2D eigenvalue weighted by Gasteiger charge is 2.34. The summed E-state index contributed by atoms with van der Waals surface area (Å²) in [5, 5.41) is 3.65. The first-order valence-corrected chi connectivity index (χ1v) is 13.7. The summed E-state index contributed by atoms with van der Waals surface area (Å²) in [6.07, 6.45) is 0.671. The molecule has 182 valence electrons. The van der Waals surface area contributed by atoms with Gasteiger partial charge in [0, 0.05) is 22.6 Å². The van der Waals surface area contributed by atoms with E-state index in [0.717, 1.165) is 16.8 Å². The smallest absolute Gasteiger partial charge is 0.240 e. The maximum atomic E-state index is 12.7. The third kappa shape index (κ3) is 6.45. The minimum Gasteiger partial charge on any atom is -0.299 e. The number of benzene rings is 3. The lowest BCUT2D eigenvalue weighted by Crippen LogP contribution is -2.42. The largest absolute Gasteiger partial charge is 0.299 e. The van der Waals surface area contributed by atoms with Crippen LogP contribution in [0.2, 0.25) is 15.1 Å². The number of nitrogens with one attached hydrogen (secondary N) is 2. The molecule has 3 aromatic carbocycles. The van der Waals surface area contributed by atoms with E-state index >= 15 is 0 Å². The summed E-state index contributed by atoms with van der Waals surface area (Å²) < 4.78 is 28.1. The molecule has 0 bridgehead atoms. The molecule has 0 spiro atoms. The summed E-state index contributed by atoms with van der Waals surface area (Å²) in [7, 11) is -3.69. The Labute approximate surface area is 217 Å². The molecule has 0 aromatic heterocycles. The molecule has 1 fully saturated rings. The number of hydrogen-bond acceptors (Lipinski definition) is 4. The van der Waals surface area contributed by atoms with Crippen molar-refractivity contribution in [3.63, 3.8) is 0 Å². The van der Waals surface area contributed by atoms with Gasteiger partial charge in [-0.1, -0.05) is 72.9 Å². The molecule has 2 atom stereocenters. The SMILES string of the molecule is CC.Cc1ccc(N2NC(CNS(=O)(=O)c3cccc(Cl)c3)CC2c2ccc(Cl)cc2)c(Cl)c1. The molecule has 4 rings (SSSR count). The standard InChI is InChI=1S/C23H22Cl3N3O2S.C2H6/c1-15-5-10-22(21(26)11-15)29-23(16-6-8-17(24)9-7-16)13-19(28-29)14-27-32(30,31)20-4-2-3-18(25)12-20;1-2/h2-12,19,23,27-28H,13-14H2,1H3;1-2H3. The molecule has 3 aromatic rings. The van der Waals surface area contributed by atoms with Crippen molar-refractivity contribution in [1.29, 1.82) is 0 Å². The molecule has 9 heteroatoms. The van der Waals surface area contributed by atoms with Crippen molar-refractivity contribution in [2.24, 2.45) is 0 Å². The van der Waals surface area contributed by atoms with E-state index in [9.17, 15) is 8.42 Å². The van der Waals surface area contributed by atoms with Crippen LogP contribution >= 0.6 is 34.8 Å². The fourth-order valence-corrected chi connectivity index (χ4v) is 5.62. The van der Waals surface area contributed by atoms with E-state index in [0.29, 0.717) is 21.5 Å². The quantitative estimate of drug-likeness (QED) is 0.362. The number of hydrazine groups is 1. The lowest BCUT2D eigenvalue weighted by atomic mass is 10.0. The Morgan fingerprint density at radius 2 is 1.68 bits per heavy atom. The van der Waals surface area contributed by atoms with Gasteiger partial charge in [-0.15, -0.1) is 0 Å². The van der Waals surface area contributed by atoms with E-state index in [1.165, 1.54) is 12.1 Å². The van der Waals surface area contributed by atoms with Crippen LogP contribution in [0, 0.1) is 6.92 Å². The van der Waals surface area contributed by atoms with Gasteiger partial charge in [-0.3, -0.25) is 5.01 Å². The molecule has 34 heavy (non-hydrogen) atoms. The van der Waals surface area contributed by atoms with Crippen LogP contribution in [-0.2, 0) is 10.0 Å². The van der Waals surface area contributed by atoms with E-state index in [4.69, 9.17) is 34.8 Å². The molecule has 0 amide bonds. The topological polar surface area (TPSA) is 61.4 Å². The number of rotatable bonds is 6. The minimum atomic E-state index is -3.69. The second-order valence-electron chi connectivity index (χ2n) is 7.76. The summed E-state index contributed by atoms with van der Waals surface area (Å²) in [6.45, 7) is 6.19. The summed E-state index contributed by atoms with van der Waals surface area (Å²) in [6, 6.07) is 19.5. The fraction of sp³-hybridized carbons (Fsp3) is 0.280. The number of sulfonamides is 1. The Hall–Kier alpha value is -1.80. The number of halogens is 3. The lowest BCUT2D eigenvalue weighted by Gasteiger charge is -2.28. The molecule has 1 saturated heterocycles. The van der Waals surface area contributed by atoms with Gasteiger partial charge in [0.2, 0.25) is 10.0 Å². The normalized spacial score (nSPS) is 17.9. The van der Waals surface area contributed by atoms with Gasteiger partial charge in [0.15, 0.2) is 0 Å². The van der Waals surface area contributed by atoms with Crippen molar-refractivity contribution in [1.82, 2.24) is 10.1 Å². The maximum absolute atomic E-state index is 12.7. The number of anilines is 1. The monoisotopic (exact) mass is 539 g/mol. The first-order valence-electron chi connectivity index (χ1n) is 11.1. The van der Waals surface area contributed by atoms with Crippen molar-refractivity contribution in [3.05, 3.63) is 92.9 Å². The van der Waals surface area contributed by atoms with E-state index in [1.807, 2.05) is 68.2 Å². The van der Waals surface area contributed by atoms with Gasteiger partial charge < -0.3 is 0 Å². The average molecular weight is 541 g/mol. The molecule has 0 radical (unpaired) electrons. The van der Waals surface area contributed by atoms with Crippen molar-refractivity contribution in [2.75, 3.05) is 11.6 Å². The zero-order valence-electron chi connectivity index (χ0n) is 19.2. The Morgan fingerprint density at radius 1 is 0.971 bits per heavy atom. The summed E-state index contributed by atoms with van der Waals surface area (Å²) in [5.74, 6) is 0. The molecule has 1 aliphatic heterocycles. The Bertz CT molecular complexity index is 1220. The summed E-state index contributed by atoms with van der Waals surface area (Å²) in [5.41, 5.74) is 6.38. The highest BCUT2D eigenvalue weighted by Crippen LogP contribution is 2.38. The number of nitrogens with zero attached hydrogens (tertiary/aromatic N) is 1. The van der Waals surface area contributed by atoms with Gasteiger partial charge >= 0.3 is 0 Å². The molecular weight excluding hydrogens is 513 g/mol. The third-order valence-electron chi connectivity index (χ3n) is 5.38. The maximum Gasteiger partial charge on any atom is 0.240 e. The molecule has 2 unspecified atom stereocenters. The molecule has 0 saturated carbocycles. The van der Waals surface area contributed by atoms with Crippen molar-refractivity contribution >= 4 is 50.5 Å². The van der Waals surface area contributed by atoms with Gasteiger partial charge in [0.1, 0.15) is 0 Å². The van der Waals surface area contributed by atoms with Gasteiger partial charge in [-0.05, 0) is 66.9 Å². The Kier molecular flexibility index (Phi) is 9.27. The van der Waals surface area contributed by atoms with Crippen LogP contribution in [0.3, 0.4) is 0 Å². The highest BCUT2D eigenvalue weighted by molar-refractivity contribution is 7.89. The number of aryl methyl sites for hydroxylation is 1. The van der Waals surface area contributed by atoms with Gasteiger partial charge in [0.25, 0.3) is 0 Å². The highest BCUT2D eigenvalue weighted by atomic mass is 35.5. The third-order valence-corrected chi connectivity index (χ3v) is 7.60. The predicted molar refractivity (Wildman–Crippen MR) is 142 cm³/mol. The van der Waals surface area contributed by atoms with Gasteiger partial charge in [-0.25, -0.2) is 18.6 Å². The van der Waals surface area contributed by atoms with E-state index in [2.05, 4.69) is 10.1 Å². The molecule has 5 nitrogen and oxygen atoms in total. The second kappa shape index (κ2) is 11.8. The van der Waals surface area contributed by atoms with Crippen LogP contribution in [-0.4, -0.2) is 21.0 Å². The van der Waals surface area contributed by atoms with Crippen LogP contribution in [0.1, 0.15) is 37.4 Å². The average Bonchev–Trinajstić information content (AvgIpc) is 3.24. The summed E-state index contributed by atoms with van der Waals surface area (Å²) >= 11 is 18.6. The zero-order valence-corrected chi connectivity index (χ0v) is 22.3. The summed E-state index contributed by atoms with van der Waals surface area (Å²) in [4.78, 5) is 0.135. The molecule has 1 heterocycles. The van der Waals surface area contributed by atoms with Crippen molar-refractivity contribution < 1.29 is 8.42 Å². The van der Waals surface area contributed by atoms with E-state index in [1.54, 1.807) is 12.1 Å². The van der Waals surface area contributed by atoms with Crippen LogP contribution in [0.5, 0.6) is 0 Å². The zero-order chi connectivity index (χ0) is 24.9. The Balaban J connectivity index is 0.00000158. The molecule has 1 aliphatic rings. The minimum absolute atomic E-state index is 0.0480. The fourth-order valence-electron chi connectivity index (χ4n) is 3.79.